The Labute approximate surface area is 477 Å². The van der Waals surface area contributed by atoms with E-state index in [1.165, 1.54) is 41.4 Å². The molecule has 1 aliphatic carbocycles. The summed E-state index contributed by atoms with van der Waals surface area (Å²) in [6.07, 6.45) is 1.79. The van der Waals surface area contributed by atoms with Gasteiger partial charge in [0, 0.05) is 88.8 Å². The topological polar surface area (TPSA) is 137 Å². The molecular weight excluding hydrogens is 1050 g/mol. The maximum Gasteiger partial charge on any atom is 0.339 e. The van der Waals surface area contributed by atoms with Gasteiger partial charge in [0.25, 0.3) is 0 Å². The molecule has 2 aliphatic heterocycles. The number of nitrogens with zero attached hydrogens (tertiary/aromatic N) is 3. The Bertz CT molecular complexity index is 3610. The molecule has 3 aliphatic rings. The lowest BCUT2D eigenvalue weighted by Gasteiger charge is -2.28. The first-order valence-electron chi connectivity index (χ1n) is 27.7. The summed E-state index contributed by atoms with van der Waals surface area (Å²) in [5.41, 5.74) is 9.01. The Morgan fingerprint density at radius 1 is 0.537 bits per heavy atom. The average Bonchev–Trinajstić information content (AvgIpc) is 3.68. The second kappa shape index (κ2) is 27.1. The molecule has 0 unspecified atom stereocenters. The molecule has 80 heavy (non-hydrogen) atoms. The van der Waals surface area contributed by atoms with Gasteiger partial charge in [0.1, 0.15) is 49.1 Å². The third-order valence-electron chi connectivity index (χ3n) is 14.8. The van der Waals surface area contributed by atoms with Gasteiger partial charge in [-0.1, -0.05) is 83.5 Å². The van der Waals surface area contributed by atoms with Crippen molar-refractivity contribution in [3.8, 4) is 33.9 Å². The number of carbonyl (C=O) groups is 4. The third kappa shape index (κ3) is 12.1. The molecule has 0 saturated carbocycles. The quantitative estimate of drug-likeness (QED) is 0.0150. The van der Waals surface area contributed by atoms with Crippen LogP contribution in [-0.4, -0.2) is 102 Å². The summed E-state index contributed by atoms with van der Waals surface area (Å²) in [6.45, 7) is 21.2. The van der Waals surface area contributed by atoms with Gasteiger partial charge < -0.3 is 37.9 Å². The van der Waals surface area contributed by atoms with Crippen LogP contribution in [0.4, 0.5) is 11.4 Å². The summed E-state index contributed by atoms with van der Waals surface area (Å²) in [6, 6.07) is 34.5. The first-order chi connectivity index (χ1) is 38.9. The fraction of sp³-hybridized carbons (Fsp3) is 0.338. The molecule has 15 heteroatoms. The van der Waals surface area contributed by atoms with Crippen LogP contribution in [0.15, 0.2) is 114 Å². The van der Waals surface area contributed by atoms with E-state index < -0.39 is 23.9 Å². The van der Waals surface area contributed by atoms with Crippen LogP contribution in [0.2, 0.25) is 0 Å². The summed E-state index contributed by atoms with van der Waals surface area (Å²) >= 11 is 0. The molecule has 0 bridgehead atoms. The van der Waals surface area contributed by atoms with Gasteiger partial charge >= 0.3 is 23.9 Å². The molecule has 8 rings (SSSR count). The van der Waals surface area contributed by atoms with Crippen LogP contribution in [0.1, 0.15) is 121 Å². The molecule has 0 saturated heterocycles. The monoisotopic (exact) mass is 1120 g/mol. The highest BCUT2D eigenvalue weighted by atomic mass is 33.1. The van der Waals surface area contributed by atoms with E-state index in [1.54, 1.807) is 12.1 Å². The molecule has 0 amide bonds. The second-order valence-electron chi connectivity index (χ2n) is 18.9. The van der Waals surface area contributed by atoms with E-state index in [-0.39, 0.29) is 13.2 Å². The van der Waals surface area contributed by atoms with Gasteiger partial charge in [-0.15, -0.1) is 0 Å². The SMILES string of the molecule is CCC(CC)=c1ccc2c(c1)Oc1cc(N(CC)CC)c(C(=O)OC)cc1C=2c1ccccc1C(=O)OCCSSCCOC(=O)c1ccccc1-c1c2ccc(=[N+](CC)CC)cc-2oc2cc(N(CC)CC)c(C(=O)OC)cc12. The van der Waals surface area contributed by atoms with Crippen LogP contribution in [0.25, 0.3) is 44.6 Å². The number of hydrogen-bond acceptors (Lipinski definition) is 14. The lowest BCUT2D eigenvalue weighted by atomic mass is 9.88. The van der Waals surface area contributed by atoms with Crippen molar-refractivity contribution in [3.05, 3.63) is 158 Å². The van der Waals surface area contributed by atoms with Crippen LogP contribution < -0.4 is 34.9 Å². The number of hydrogen-bond donors (Lipinski definition) is 0. The number of fused-ring (bicyclic) bond motifs is 4. The number of methoxy groups -OCH3 is 2. The molecule has 5 aromatic carbocycles. The maximum atomic E-state index is 14.2. The molecule has 0 spiro atoms. The summed E-state index contributed by atoms with van der Waals surface area (Å²) in [5.74, 6) is 0.914. The van der Waals surface area contributed by atoms with Crippen LogP contribution in [0.5, 0.6) is 11.5 Å². The molecule has 13 nitrogen and oxygen atoms in total. The average molecular weight is 1120 g/mol. The summed E-state index contributed by atoms with van der Waals surface area (Å²) in [4.78, 5) is 59.4. The Kier molecular flexibility index (Phi) is 19.9. The first kappa shape index (κ1) is 58.7. The Morgan fingerprint density at radius 3 is 1.68 bits per heavy atom. The summed E-state index contributed by atoms with van der Waals surface area (Å²) in [5, 5.41) is 3.54. The molecule has 0 radical (unpaired) electrons. The maximum absolute atomic E-state index is 14.2. The Morgan fingerprint density at radius 2 is 1.10 bits per heavy atom. The molecular formula is C65H72N3O10S2+. The minimum Gasteiger partial charge on any atom is -0.465 e. The van der Waals surface area contributed by atoms with Crippen LogP contribution in [-0.2, 0) is 18.9 Å². The Hall–Kier alpha value is -7.49. The second-order valence-corrected chi connectivity index (χ2v) is 21.6. The van der Waals surface area contributed by atoms with Crippen molar-refractivity contribution in [2.75, 3.05) is 88.0 Å². The predicted molar refractivity (Wildman–Crippen MR) is 324 cm³/mol. The number of benzene rings is 6. The normalized spacial score (nSPS) is 11.6. The molecule has 5 aromatic rings. The number of carbonyl (C=O) groups excluding carboxylic acids is 4. The molecule has 0 fully saturated rings. The van der Waals surface area contributed by atoms with Crippen molar-refractivity contribution < 1.29 is 47.3 Å². The molecule has 2 heterocycles. The van der Waals surface area contributed by atoms with E-state index >= 15 is 0 Å². The zero-order valence-corrected chi connectivity index (χ0v) is 49.3. The number of rotatable bonds is 23. The first-order valence-corrected chi connectivity index (χ1v) is 30.2. The number of anilines is 2. The predicted octanol–water partition coefficient (Wildman–Crippen LogP) is 12.0. The van der Waals surface area contributed by atoms with Gasteiger partial charge in [0.2, 0.25) is 5.36 Å². The van der Waals surface area contributed by atoms with Gasteiger partial charge in [-0.25, -0.2) is 23.8 Å². The van der Waals surface area contributed by atoms with Crippen LogP contribution in [0.3, 0.4) is 0 Å². The molecule has 0 aromatic heterocycles. The number of esters is 4. The van der Waals surface area contributed by atoms with E-state index in [1.807, 2.05) is 107 Å². The molecule has 0 N–H and O–H groups in total. The van der Waals surface area contributed by atoms with Gasteiger partial charge in [-0.2, -0.15) is 0 Å². The van der Waals surface area contributed by atoms with E-state index in [4.69, 9.17) is 28.1 Å². The van der Waals surface area contributed by atoms with Crippen molar-refractivity contribution in [2.45, 2.75) is 68.2 Å². The van der Waals surface area contributed by atoms with Crippen LogP contribution >= 0.6 is 21.6 Å². The lowest BCUT2D eigenvalue weighted by Crippen LogP contribution is -2.29. The van der Waals surface area contributed by atoms with Crippen molar-refractivity contribution in [1.29, 1.82) is 0 Å². The molecule has 418 valence electrons. The Balaban J connectivity index is 0.998. The third-order valence-corrected chi connectivity index (χ3v) is 17.1. The largest absolute Gasteiger partial charge is 0.465 e. The lowest BCUT2D eigenvalue weighted by molar-refractivity contribution is 0.0520. The number of ether oxygens (including phenoxy) is 5. The van der Waals surface area contributed by atoms with Crippen LogP contribution in [0, 0.1) is 0 Å². The standard InChI is InChI=1S/C65H72N3O10S2/c1-11-41(12-2)42-27-29-48-56(35-42)77-58-39-54(67(15-5)16-6)50(62(69)73-9)37-52(58)60(48)44-23-19-21-25-46(44)64(71)75-31-33-79-80-34-32-76-65(72)47-26-22-20-24-45(47)61-49-30-28-43(66(13-3)14-4)36-57(49)78-59-40-55(68(17-7)18-8)51(38-53(59)61)63(70)74-10/h19-30,35-40H,11-18,31-34H2,1-10H3/q+1. The summed E-state index contributed by atoms with van der Waals surface area (Å²) in [7, 11) is 5.78. The fourth-order valence-corrected chi connectivity index (χ4v) is 12.3. The van der Waals surface area contributed by atoms with E-state index in [2.05, 4.69) is 60.3 Å². The highest BCUT2D eigenvalue weighted by Crippen LogP contribution is 2.45. The minimum atomic E-state index is -0.488. The van der Waals surface area contributed by atoms with Gasteiger partial charge in [0.15, 0.2) is 0 Å². The molecule has 0 atom stereocenters. The van der Waals surface area contributed by atoms with Gasteiger partial charge in [0.05, 0.1) is 53.9 Å². The van der Waals surface area contributed by atoms with Gasteiger partial charge in [-0.05, 0) is 113 Å². The van der Waals surface area contributed by atoms with Crippen molar-refractivity contribution in [2.24, 2.45) is 0 Å². The summed E-state index contributed by atoms with van der Waals surface area (Å²) < 4.78 is 38.2. The van der Waals surface area contributed by atoms with Crippen molar-refractivity contribution >= 4 is 79.0 Å². The fourth-order valence-electron chi connectivity index (χ4n) is 10.7. The highest BCUT2D eigenvalue weighted by molar-refractivity contribution is 8.76. The zero-order valence-electron chi connectivity index (χ0n) is 47.6. The van der Waals surface area contributed by atoms with Crippen molar-refractivity contribution in [3.63, 3.8) is 0 Å². The van der Waals surface area contributed by atoms with E-state index in [0.717, 1.165) is 58.4 Å². The highest BCUT2D eigenvalue weighted by Gasteiger charge is 2.30. The van der Waals surface area contributed by atoms with Crippen molar-refractivity contribution in [1.82, 2.24) is 4.58 Å². The van der Waals surface area contributed by atoms with E-state index in [9.17, 15) is 19.2 Å². The van der Waals surface area contributed by atoms with E-state index in [0.29, 0.717) is 116 Å². The van der Waals surface area contributed by atoms with Gasteiger partial charge in [-0.3, -0.25) is 0 Å². The minimum absolute atomic E-state index is 0.133. The smallest absolute Gasteiger partial charge is 0.339 e. The zero-order chi connectivity index (χ0) is 57.0.